The summed E-state index contributed by atoms with van der Waals surface area (Å²) in [7, 11) is 0. The first-order valence-corrected chi connectivity index (χ1v) is 7.82. The normalized spacial score (nSPS) is 13.1. The van der Waals surface area contributed by atoms with E-state index in [4.69, 9.17) is 4.74 Å². The Kier molecular flexibility index (Phi) is 4.85. The largest absolute Gasteiger partial charge is 0.444 e. The van der Waals surface area contributed by atoms with E-state index in [2.05, 4.69) is 22.8 Å². The third-order valence-electron chi connectivity index (χ3n) is 2.97. The first kappa shape index (κ1) is 15.8. The highest BCUT2D eigenvalue weighted by molar-refractivity contribution is 7.17. The lowest BCUT2D eigenvalue weighted by Gasteiger charge is -2.22. The van der Waals surface area contributed by atoms with Crippen LogP contribution in [0.3, 0.4) is 0 Å². The third-order valence-corrected chi connectivity index (χ3v) is 3.98. The van der Waals surface area contributed by atoms with Crippen molar-refractivity contribution in [2.75, 3.05) is 6.61 Å². The van der Waals surface area contributed by atoms with Crippen LogP contribution < -0.4 is 5.32 Å². The van der Waals surface area contributed by atoms with Gasteiger partial charge in [-0.1, -0.05) is 18.2 Å². The molecule has 2 rings (SSSR count). The van der Waals surface area contributed by atoms with E-state index in [9.17, 15) is 9.90 Å². The number of rotatable bonds is 4. The number of carbonyl (C=O) groups excluding carboxylic acids is 1. The van der Waals surface area contributed by atoms with Gasteiger partial charge >= 0.3 is 6.09 Å². The Hall–Kier alpha value is -1.59. The number of amides is 1. The molecule has 5 heteroatoms. The van der Waals surface area contributed by atoms with Crippen molar-refractivity contribution in [1.29, 1.82) is 0 Å². The van der Waals surface area contributed by atoms with Crippen molar-refractivity contribution in [2.24, 2.45) is 0 Å². The van der Waals surface area contributed by atoms with Crippen LogP contribution >= 0.6 is 11.3 Å². The molecule has 0 spiro atoms. The van der Waals surface area contributed by atoms with Gasteiger partial charge in [-0.25, -0.2) is 4.79 Å². The second-order valence-electron chi connectivity index (χ2n) is 5.99. The summed E-state index contributed by atoms with van der Waals surface area (Å²) in [6.45, 7) is 5.32. The van der Waals surface area contributed by atoms with Gasteiger partial charge in [0, 0.05) is 4.70 Å². The Balaban J connectivity index is 2.04. The maximum atomic E-state index is 11.8. The summed E-state index contributed by atoms with van der Waals surface area (Å²) in [6.07, 6.45) is 0.0841. The number of ether oxygens (including phenoxy) is 1. The van der Waals surface area contributed by atoms with Crippen molar-refractivity contribution in [3.63, 3.8) is 0 Å². The molecular formula is C16H21NO3S. The highest BCUT2D eigenvalue weighted by Crippen LogP contribution is 2.26. The molecule has 0 aliphatic heterocycles. The molecule has 2 N–H and O–H groups in total. The minimum atomic E-state index is -0.542. The predicted molar refractivity (Wildman–Crippen MR) is 85.8 cm³/mol. The second-order valence-corrected chi connectivity index (χ2v) is 6.90. The Morgan fingerprint density at radius 3 is 2.76 bits per heavy atom. The van der Waals surface area contributed by atoms with Gasteiger partial charge in [0.1, 0.15) is 5.60 Å². The quantitative estimate of drug-likeness (QED) is 0.911. The molecule has 0 bridgehead atoms. The Morgan fingerprint density at radius 1 is 1.38 bits per heavy atom. The predicted octanol–water partition coefficient (Wildman–Crippen LogP) is 3.33. The fourth-order valence-corrected chi connectivity index (χ4v) is 3.07. The summed E-state index contributed by atoms with van der Waals surface area (Å²) < 4.78 is 6.43. The van der Waals surface area contributed by atoms with E-state index in [1.807, 2.05) is 32.9 Å². The number of alkyl carbamates (subject to hydrolysis) is 1. The molecule has 21 heavy (non-hydrogen) atoms. The Labute approximate surface area is 128 Å². The third kappa shape index (κ3) is 4.44. The van der Waals surface area contributed by atoms with E-state index < -0.39 is 11.7 Å². The molecule has 0 saturated heterocycles. The summed E-state index contributed by atoms with van der Waals surface area (Å²) in [5.74, 6) is 0. The molecule has 1 aromatic heterocycles. The summed E-state index contributed by atoms with van der Waals surface area (Å²) in [5.41, 5.74) is 0.588. The van der Waals surface area contributed by atoms with Crippen LogP contribution in [0.15, 0.2) is 29.6 Å². The van der Waals surface area contributed by atoms with Crippen LogP contribution in [0.2, 0.25) is 0 Å². The smallest absolute Gasteiger partial charge is 0.407 e. The zero-order valence-electron chi connectivity index (χ0n) is 12.6. The SMILES string of the molecule is CC(C)(C)OC(=O)N[C@@H](CO)Cc1csc2ccccc12. The highest BCUT2D eigenvalue weighted by Gasteiger charge is 2.20. The molecule has 0 saturated carbocycles. The molecule has 4 nitrogen and oxygen atoms in total. The number of hydrogen-bond acceptors (Lipinski definition) is 4. The van der Waals surface area contributed by atoms with Gasteiger partial charge in [0.2, 0.25) is 0 Å². The average Bonchev–Trinajstić information content (AvgIpc) is 2.79. The standard InChI is InChI=1S/C16H21NO3S/c1-16(2,3)20-15(19)17-12(9-18)8-11-10-21-14-7-5-4-6-13(11)14/h4-7,10,12,18H,8-9H2,1-3H3,(H,17,19)/t12-/m1/s1. The number of aliphatic hydroxyl groups excluding tert-OH is 1. The Bertz CT molecular complexity index is 615. The van der Waals surface area contributed by atoms with Crippen LogP contribution in [0.5, 0.6) is 0 Å². The average molecular weight is 307 g/mol. The van der Waals surface area contributed by atoms with Gasteiger partial charge in [-0.05, 0) is 49.6 Å². The van der Waals surface area contributed by atoms with Crippen molar-refractivity contribution < 1.29 is 14.6 Å². The molecular weight excluding hydrogens is 286 g/mol. The minimum Gasteiger partial charge on any atom is -0.444 e. The first-order chi connectivity index (χ1) is 9.89. The number of aliphatic hydroxyl groups is 1. The van der Waals surface area contributed by atoms with Crippen LogP contribution in [-0.4, -0.2) is 29.4 Å². The monoisotopic (exact) mass is 307 g/mol. The number of fused-ring (bicyclic) bond motifs is 1. The maximum absolute atomic E-state index is 11.8. The molecule has 0 unspecified atom stereocenters. The van der Waals surface area contributed by atoms with Gasteiger partial charge in [-0.15, -0.1) is 11.3 Å². The molecule has 2 aromatic rings. The van der Waals surface area contributed by atoms with E-state index in [1.165, 1.54) is 10.1 Å². The molecule has 1 heterocycles. The van der Waals surface area contributed by atoms with E-state index in [0.29, 0.717) is 6.42 Å². The van der Waals surface area contributed by atoms with E-state index in [1.54, 1.807) is 11.3 Å². The van der Waals surface area contributed by atoms with Crippen LogP contribution in [0.25, 0.3) is 10.1 Å². The van der Waals surface area contributed by atoms with Crippen LogP contribution in [0, 0.1) is 0 Å². The highest BCUT2D eigenvalue weighted by atomic mass is 32.1. The molecule has 1 aromatic carbocycles. The molecule has 114 valence electrons. The summed E-state index contributed by atoms with van der Waals surface area (Å²) in [6, 6.07) is 7.78. The van der Waals surface area contributed by atoms with Crippen LogP contribution in [0.4, 0.5) is 4.79 Å². The maximum Gasteiger partial charge on any atom is 0.407 e. The van der Waals surface area contributed by atoms with Gasteiger partial charge in [-0.2, -0.15) is 0 Å². The van der Waals surface area contributed by atoms with Gasteiger partial charge in [0.05, 0.1) is 12.6 Å². The van der Waals surface area contributed by atoms with Crippen molar-refractivity contribution in [3.8, 4) is 0 Å². The number of carbonyl (C=O) groups is 1. The number of hydrogen-bond donors (Lipinski definition) is 2. The van der Waals surface area contributed by atoms with Crippen molar-refractivity contribution >= 4 is 27.5 Å². The van der Waals surface area contributed by atoms with Crippen LogP contribution in [-0.2, 0) is 11.2 Å². The molecule has 0 fully saturated rings. The molecule has 1 atom stereocenters. The summed E-state index contributed by atoms with van der Waals surface area (Å²) in [5, 5.41) is 15.4. The Morgan fingerprint density at radius 2 is 2.10 bits per heavy atom. The lowest BCUT2D eigenvalue weighted by atomic mass is 10.1. The van der Waals surface area contributed by atoms with Crippen LogP contribution in [0.1, 0.15) is 26.3 Å². The van der Waals surface area contributed by atoms with Gasteiger partial charge < -0.3 is 15.2 Å². The lowest BCUT2D eigenvalue weighted by molar-refractivity contribution is 0.0483. The van der Waals surface area contributed by atoms with Crippen molar-refractivity contribution in [1.82, 2.24) is 5.32 Å². The second kappa shape index (κ2) is 6.45. The zero-order chi connectivity index (χ0) is 15.5. The van der Waals surface area contributed by atoms with E-state index in [-0.39, 0.29) is 12.6 Å². The fraction of sp³-hybridized carbons (Fsp3) is 0.438. The lowest BCUT2D eigenvalue weighted by Crippen LogP contribution is -2.42. The van der Waals surface area contributed by atoms with Gasteiger partial charge in [0.25, 0.3) is 0 Å². The van der Waals surface area contributed by atoms with E-state index >= 15 is 0 Å². The van der Waals surface area contributed by atoms with Crippen molar-refractivity contribution in [3.05, 3.63) is 35.2 Å². The molecule has 1 amide bonds. The number of thiophene rings is 1. The first-order valence-electron chi connectivity index (χ1n) is 6.94. The number of benzene rings is 1. The van der Waals surface area contributed by atoms with Gasteiger partial charge in [-0.3, -0.25) is 0 Å². The summed E-state index contributed by atoms with van der Waals surface area (Å²) in [4.78, 5) is 11.8. The van der Waals surface area contributed by atoms with E-state index in [0.717, 1.165) is 5.56 Å². The minimum absolute atomic E-state index is 0.122. The molecule has 0 aliphatic rings. The summed E-state index contributed by atoms with van der Waals surface area (Å²) >= 11 is 1.67. The zero-order valence-corrected chi connectivity index (χ0v) is 13.4. The fourth-order valence-electron chi connectivity index (χ4n) is 2.09. The van der Waals surface area contributed by atoms with Crippen molar-refractivity contribution in [2.45, 2.75) is 38.8 Å². The van der Waals surface area contributed by atoms with Gasteiger partial charge in [0.15, 0.2) is 0 Å². The molecule has 0 radical (unpaired) electrons. The topological polar surface area (TPSA) is 58.6 Å². The molecule has 0 aliphatic carbocycles. The number of nitrogens with one attached hydrogen (secondary N) is 1.